The molecule has 18 heavy (non-hydrogen) atoms. The maximum Gasteiger partial charge on any atom is 0.242 e. The number of ether oxygens (including phenoxy) is 1. The van der Waals surface area contributed by atoms with Crippen molar-refractivity contribution in [2.24, 2.45) is 0 Å². The third kappa shape index (κ3) is 3.61. The highest BCUT2D eigenvalue weighted by Gasteiger charge is 2.23. The average molecular weight is 292 g/mol. The number of nitrogens with one attached hydrogen (secondary N) is 1. The molecule has 0 saturated heterocycles. The van der Waals surface area contributed by atoms with Crippen LogP contribution in [0.2, 0.25) is 5.02 Å². The second-order valence-corrected chi connectivity index (χ2v) is 6.58. The Morgan fingerprint density at radius 2 is 2.06 bits per heavy atom. The van der Waals surface area contributed by atoms with Crippen molar-refractivity contribution in [3.63, 3.8) is 0 Å². The number of rotatable bonds is 4. The summed E-state index contributed by atoms with van der Waals surface area (Å²) in [7, 11) is -1.94. The van der Waals surface area contributed by atoms with Crippen LogP contribution in [-0.2, 0) is 14.6 Å². The van der Waals surface area contributed by atoms with Crippen LogP contribution in [0.1, 0.15) is 6.92 Å². The van der Waals surface area contributed by atoms with Gasteiger partial charge in [0.1, 0.15) is 11.0 Å². The van der Waals surface area contributed by atoms with Gasteiger partial charge in [-0.05, 0) is 25.1 Å². The van der Waals surface area contributed by atoms with E-state index in [0.29, 0.717) is 16.5 Å². The molecule has 1 aromatic carbocycles. The first-order valence-corrected chi connectivity index (χ1v) is 7.42. The van der Waals surface area contributed by atoms with Gasteiger partial charge < -0.3 is 10.1 Å². The van der Waals surface area contributed by atoms with E-state index in [9.17, 15) is 13.2 Å². The number of anilines is 1. The molecule has 0 heterocycles. The number of carbonyl (C=O) groups is 1. The molecular formula is C11H14ClNO4S. The van der Waals surface area contributed by atoms with E-state index in [1.807, 2.05) is 0 Å². The Kier molecular flexibility index (Phi) is 4.59. The first-order valence-electron chi connectivity index (χ1n) is 5.09. The third-order valence-corrected chi connectivity index (χ3v) is 4.22. The van der Waals surface area contributed by atoms with Crippen LogP contribution in [-0.4, -0.2) is 32.9 Å². The van der Waals surface area contributed by atoms with Crippen molar-refractivity contribution in [2.45, 2.75) is 12.2 Å². The number of carbonyl (C=O) groups excluding carboxylic acids is 1. The van der Waals surface area contributed by atoms with Crippen molar-refractivity contribution in [2.75, 3.05) is 18.7 Å². The molecule has 5 nitrogen and oxygen atoms in total. The Labute approximate surface area is 111 Å². The summed E-state index contributed by atoms with van der Waals surface area (Å²) in [5, 5.41) is 1.71. The molecule has 0 aromatic heterocycles. The van der Waals surface area contributed by atoms with Gasteiger partial charge in [-0.1, -0.05) is 11.6 Å². The molecule has 0 bridgehead atoms. The number of benzene rings is 1. The maximum absolute atomic E-state index is 11.7. The second-order valence-electron chi connectivity index (χ2n) is 3.81. The standard InChI is InChI=1S/C11H14ClNO4S/c1-7(18(3,15)16)11(14)13-8-4-5-10(17-2)9(12)6-8/h4-7H,1-3H3,(H,13,14)/t7-/m1/s1. The van der Waals surface area contributed by atoms with E-state index in [0.717, 1.165) is 6.26 Å². The highest BCUT2D eigenvalue weighted by molar-refractivity contribution is 7.92. The summed E-state index contributed by atoms with van der Waals surface area (Å²) >= 11 is 5.89. The lowest BCUT2D eigenvalue weighted by Gasteiger charge is -2.11. The lowest BCUT2D eigenvalue weighted by Crippen LogP contribution is -2.31. The zero-order chi connectivity index (χ0) is 13.9. The Bertz CT molecular complexity index is 556. The van der Waals surface area contributed by atoms with Gasteiger partial charge in [-0.3, -0.25) is 4.79 Å². The summed E-state index contributed by atoms with van der Waals surface area (Å²) in [6.07, 6.45) is 1.01. The van der Waals surface area contributed by atoms with Gasteiger partial charge in [0.05, 0.1) is 12.1 Å². The molecule has 0 radical (unpaired) electrons. The summed E-state index contributed by atoms with van der Waals surface area (Å²) in [5.41, 5.74) is 0.418. The molecule has 1 rings (SSSR count). The van der Waals surface area contributed by atoms with Gasteiger partial charge in [0.2, 0.25) is 5.91 Å². The quantitative estimate of drug-likeness (QED) is 0.917. The fourth-order valence-corrected chi connectivity index (χ4v) is 1.89. The van der Waals surface area contributed by atoms with E-state index >= 15 is 0 Å². The molecule has 0 aliphatic carbocycles. The van der Waals surface area contributed by atoms with Crippen molar-refractivity contribution in [1.29, 1.82) is 0 Å². The SMILES string of the molecule is COc1ccc(NC(=O)[C@@H](C)S(C)(=O)=O)cc1Cl. The Morgan fingerprint density at radius 1 is 1.44 bits per heavy atom. The number of amides is 1. The predicted molar refractivity (Wildman–Crippen MR) is 70.9 cm³/mol. The van der Waals surface area contributed by atoms with Crippen LogP contribution in [0.4, 0.5) is 5.69 Å². The molecule has 0 aliphatic rings. The second kappa shape index (κ2) is 5.58. The number of halogens is 1. The highest BCUT2D eigenvalue weighted by atomic mass is 35.5. The van der Waals surface area contributed by atoms with Gasteiger partial charge in [0.25, 0.3) is 0 Å². The van der Waals surface area contributed by atoms with Gasteiger partial charge >= 0.3 is 0 Å². The van der Waals surface area contributed by atoms with Gasteiger partial charge in [-0.15, -0.1) is 0 Å². The summed E-state index contributed by atoms with van der Waals surface area (Å²) in [6, 6.07) is 4.66. The molecular weight excluding hydrogens is 278 g/mol. The molecule has 0 unspecified atom stereocenters. The van der Waals surface area contributed by atoms with Crippen LogP contribution in [0.15, 0.2) is 18.2 Å². The van der Waals surface area contributed by atoms with Crippen LogP contribution in [0.3, 0.4) is 0 Å². The van der Waals surface area contributed by atoms with Crippen LogP contribution < -0.4 is 10.1 Å². The first kappa shape index (κ1) is 14.8. The van der Waals surface area contributed by atoms with Crippen molar-refractivity contribution in [1.82, 2.24) is 0 Å². The Hall–Kier alpha value is -1.27. The lowest BCUT2D eigenvalue weighted by atomic mass is 10.3. The van der Waals surface area contributed by atoms with Crippen LogP contribution in [0, 0.1) is 0 Å². The zero-order valence-electron chi connectivity index (χ0n) is 10.2. The molecule has 0 saturated carbocycles. The number of hydrogen-bond acceptors (Lipinski definition) is 4. The largest absolute Gasteiger partial charge is 0.495 e. The van der Waals surface area contributed by atoms with Gasteiger partial charge in [-0.2, -0.15) is 0 Å². The van der Waals surface area contributed by atoms with Gasteiger partial charge in [0, 0.05) is 11.9 Å². The minimum absolute atomic E-state index is 0.335. The van der Waals surface area contributed by atoms with Crippen molar-refractivity contribution >= 4 is 33.0 Å². The van der Waals surface area contributed by atoms with E-state index in [1.54, 1.807) is 12.1 Å². The first-order chi connectivity index (χ1) is 8.25. The summed E-state index contributed by atoms with van der Waals surface area (Å²) in [5.74, 6) is -0.121. The van der Waals surface area contributed by atoms with Crippen molar-refractivity contribution < 1.29 is 17.9 Å². The summed E-state index contributed by atoms with van der Waals surface area (Å²) in [6.45, 7) is 1.33. The minimum Gasteiger partial charge on any atom is -0.495 e. The van der Waals surface area contributed by atoms with Crippen LogP contribution in [0.5, 0.6) is 5.75 Å². The molecule has 0 aliphatic heterocycles. The molecule has 1 N–H and O–H groups in total. The summed E-state index contributed by atoms with van der Waals surface area (Å²) in [4.78, 5) is 11.7. The number of sulfone groups is 1. The van der Waals surface area contributed by atoms with E-state index < -0.39 is 21.0 Å². The molecule has 1 atom stereocenters. The summed E-state index contributed by atoms with van der Waals surface area (Å²) < 4.78 is 27.4. The molecule has 0 fully saturated rings. The molecule has 1 aromatic rings. The van der Waals surface area contributed by atoms with E-state index in [2.05, 4.69) is 5.32 Å². The van der Waals surface area contributed by atoms with E-state index in [1.165, 1.54) is 20.1 Å². The smallest absolute Gasteiger partial charge is 0.242 e. The van der Waals surface area contributed by atoms with Gasteiger partial charge in [0.15, 0.2) is 9.84 Å². The van der Waals surface area contributed by atoms with Crippen LogP contribution >= 0.6 is 11.6 Å². The molecule has 7 heteroatoms. The predicted octanol–water partition coefficient (Wildman–Crippen LogP) is 1.72. The molecule has 1 amide bonds. The lowest BCUT2D eigenvalue weighted by molar-refractivity contribution is -0.115. The topological polar surface area (TPSA) is 72.5 Å². The van der Waals surface area contributed by atoms with Gasteiger partial charge in [-0.25, -0.2) is 8.42 Å². The molecule has 0 spiro atoms. The van der Waals surface area contributed by atoms with E-state index in [-0.39, 0.29) is 0 Å². The maximum atomic E-state index is 11.7. The molecule has 100 valence electrons. The minimum atomic E-state index is -3.41. The normalized spacial score (nSPS) is 12.9. The third-order valence-electron chi connectivity index (χ3n) is 2.43. The fourth-order valence-electron chi connectivity index (χ4n) is 1.18. The van der Waals surface area contributed by atoms with Crippen molar-refractivity contribution in [3.8, 4) is 5.75 Å². The number of hydrogen-bond donors (Lipinski definition) is 1. The fraction of sp³-hybridized carbons (Fsp3) is 0.364. The Morgan fingerprint density at radius 3 is 2.50 bits per heavy atom. The average Bonchev–Trinajstić information content (AvgIpc) is 2.27. The van der Waals surface area contributed by atoms with Crippen LogP contribution in [0.25, 0.3) is 0 Å². The van der Waals surface area contributed by atoms with Crippen molar-refractivity contribution in [3.05, 3.63) is 23.2 Å². The monoisotopic (exact) mass is 291 g/mol. The zero-order valence-corrected chi connectivity index (χ0v) is 11.8. The highest BCUT2D eigenvalue weighted by Crippen LogP contribution is 2.27. The van der Waals surface area contributed by atoms with E-state index in [4.69, 9.17) is 16.3 Å². The number of methoxy groups -OCH3 is 1. The Balaban J connectivity index is 2.86.